The Hall–Kier alpha value is -6.73. The summed E-state index contributed by atoms with van der Waals surface area (Å²) in [6, 6.07) is 13.8. The van der Waals surface area contributed by atoms with Gasteiger partial charge in [0.25, 0.3) is 0 Å². The van der Waals surface area contributed by atoms with Crippen molar-refractivity contribution in [1.29, 1.82) is 0 Å². The van der Waals surface area contributed by atoms with Crippen molar-refractivity contribution in [1.82, 2.24) is 44.9 Å². The van der Waals surface area contributed by atoms with E-state index in [9.17, 15) is 19.2 Å². The van der Waals surface area contributed by atoms with Crippen LogP contribution in [0.1, 0.15) is 111 Å². The zero-order chi connectivity index (χ0) is 49.5. The van der Waals surface area contributed by atoms with E-state index in [1.54, 1.807) is 22.4 Å². The molecule has 17 nitrogen and oxygen atoms in total. The monoisotopic (exact) mass is 999 g/mol. The number of fused-ring (bicyclic) bond motifs is 6. The summed E-state index contributed by atoms with van der Waals surface area (Å²) >= 11 is 1.73. The fraction of sp³-hybridized carbons (Fsp3) is 0.472. The van der Waals surface area contributed by atoms with Gasteiger partial charge in [0.15, 0.2) is 0 Å². The number of aromatic nitrogens is 5. The second-order valence-corrected chi connectivity index (χ2v) is 21.7. The first-order chi connectivity index (χ1) is 35.0. The van der Waals surface area contributed by atoms with Crippen LogP contribution in [-0.2, 0) is 23.8 Å². The molecule has 5 fully saturated rings. The van der Waals surface area contributed by atoms with Crippen LogP contribution in [-0.4, -0.2) is 110 Å². The average Bonchev–Trinajstić information content (AvgIpc) is 3.85. The summed E-state index contributed by atoms with van der Waals surface area (Å²) in [5, 5.41) is 6.45. The number of H-pyrrole nitrogens is 2. The number of aromatic amines is 2. The third-order valence-corrected chi connectivity index (χ3v) is 17.0. The number of benzene rings is 2. The molecule has 0 spiro atoms. The number of carbonyl (C=O) groups is 4. The molecule has 7 atom stereocenters. The lowest BCUT2D eigenvalue weighted by Gasteiger charge is -2.35. The first-order valence-corrected chi connectivity index (χ1v) is 26.0. The van der Waals surface area contributed by atoms with E-state index in [-0.39, 0.29) is 41.8 Å². The number of ether oxygens (including phenoxy) is 4. The van der Waals surface area contributed by atoms with Crippen LogP contribution in [0.15, 0.2) is 60.9 Å². The van der Waals surface area contributed by atoms with E-state index in [0.29, 0.717) is 90.8 Å². The Bertz CT molecular complexity index is 3100. The summed E-state index contributed by atoms with van der Waals surface area (Å²) in [4.78, 5) is 75.6. The van der Waals surface area contributed by atoms with E-state index in [1.165, 1.54) is 38.0 Å². The number of piperidine rings is 1. The molecule has 0 bridgehead atoms. The van der Waals surface area contributed by atoms with E-state index in [0.717, 1.165) is 46.3 Å². The number of likely N-dealkylation sites (tertiary alicyclic amines) is 2. The van der Waals surface area contributed by atoms with Gasteiger partial charge in [0, 0.05) is 47.2 Å². The van der Waals surface area contributed by atoms with Crippen molar-refractivity contribution in [3.8, 4) is 39.5 Å². The molecule has 2 aromatic carbocycles. The number of halogens is 1. The smallest absolute Gasteiger partial charge is 0.407 e. The third kappa shape index (κ3) is 8.27. The Morgan fingerprint density at radius 1 is 0.819 bits per heavy atom. The maximum Gasteiger partial charge on any atom is 0.407 e. The van der Waals surface area contributed by atoms with Gasteiger partial charge >= 0.3 is 12.2 Å². The molecule has 0 radical (unpaired) electrons. The van der Waals surface area contributed by atoms with Crippen molar-refractivity contribution in [2.24, 2.45) is 17.8 Å². The second-order valence-electron chi connectivity index (χ2n) is 20.5. The Balaban J connectivity index is 0.851. The number of methoxy groups -OCH3 is 2. The molecule has 6 aromatic rings. The van der Waals surface area contributed by atoms with E-state index in [1.807, 2.05) is 49.2 Å². The molecule has 12 rings (SSSR count). The number of thiophene rings is 1. The van der Waals surface area contributed by atoms with Crippen LogP contribution in [0.5, 0.6) is 5.75 Å². The first kappa shape index (κ1) is 46.3. The van der Waals surface area contributed by atoms with Gasteiger partial charge in [0.1, 0.15) is 35.3 Å². The molecule has 4 N–H and O–H groups in total. The van der Waals surface area contributed by atoms with Crippen LogP contribution in [0, 0.1) is 23.6 Å². The number of hydrogen-bond donors (Lipinski definition) is 4. The van der Waals surface area contributed by atoms with Crippen molar-refractivity contribution in [2.75, 3.05) is 34.0 Å². The van der Waals surface area contributed by atoms with E-state index in [2.05, 4.69) is 43.4 Å². The maximum absolute atomic E-state index is 17.0. The Morgan fingerprint density at radius 3 is 2.28 bits per heavy atom. The van der Waals surface area contributed by atoms with Gasteiger partial charge in [-0.15, -0.1) is 11.3 Å². The van der Waals surface area contributed by atoms with Gasteiger partial charge in [0.2, 0.25) is 18.0 Å². The van der Waals surface area contributed by atoms with Crippen molar-refractivity contribution < 1.29 is 42.5 Å². The van der Waals surface area contributed by atoms with Gasteiger partial charge in [-0.2, -0.15) is 0 Å². The molecule has 72 heavy (non-hydrogen) atoms. The van der Waals surface area contributed by atoms with Crippen molar-refractivity contribution in [3.63, 3.8) is 0 Å². The minimum atomic E-state index is -0.769. The highest BCUT2D eigenvalue weighted by atomic mass is 32.1. The van der Waals surface area contributed by atoms with Crippen LogP contribution >= 0.6 is 11.3 Å². The molecule has 4 amide bonds. The number of nitrogens with zero attached hydrogens (tertiary/aromatic N) is 5. The molecule has 4 aliphatic heterocycles. The van der Waals surface area contributed by atoms with Crippen LogP contribution in [0.4, 0.5) is 14.0 Å². The number of amides is 4. The minimum Gasteiger partial charge on any atom is -0.464 e. The largest absolute Gasteiger partial charge is 0.464 e. The van der Waals surface area contributed by atoms with Gasteiger partial charge in [-0.25, -0.2) is 23.9 Å². The first-order valence-electron chi connectivity index (χ1n) is 25.2. The quantitative estimate of drug-likeness (QED) is 0.0918. The lowest BCUT2D eigenvalue weighted by Crippen LogP contribution is -2.54. The number of nitrogens with one attached hydrogen (secondary N) is 4. The molecule has 2 saturated carbocycles. The summed E-state index contributed by atoms with van der Waals surface area (Å²) < 4.78 is 41.4. The van der Waals surface area contributed by atoms with Gasteiger partial charge in [0.05, 0.1) is 71.7 Å². The molecule has 7 unspecified atom stereocenters. The fourth-order valence-corrected chi connectivity index (χ4v) is 12.9. The molecule has 6 aliphatic rings. The Kier molecular flexibility index (Phi) is 11.8. The highest BCUT2D eigenvalue weighted by molar-refractivity contribution is 7.12. The van der Waals surface area contributed by atoms with E-state index < -0.39 is 36.3 Å². The lowest BCUT2D eigenvalue weighted by atomic mass is 9.90. The highest BCUT2D eigenvalue weighted by Gasteiger charge is 2.57. The molecule has 2 aliphatic carbocycles. The fourth-order valence-electron chi connectivity index (χ4n) is 11.7. The highest BCUT2D eigenvalue weighted by Crippen LogP contribution is 2.54. The molecular weight excluding hydrogens is 942 g/mol. The minimum absolute atomic E-state index is 0.0652. The van der Waals surface area contributed by atoms with Gasteiger partial charge < -0.3 is 49.3 Å². The lowest BCUT2D eigenvalue weighted by molar-refractivity contribution is -0.138. The second kappa shape index (κ2) is 18.4. The molecule has 3 saturated heterocycles. The van der Waals surface area contributed by atoms with E-state index in [4.69, 9.17) is 28.9 Å². The summed E-state index contributed by atoms with van der Waals surface area (Å²) in [6.45, 7) is 5.34. The van der Waals surface area contributed by atoms with Crippen LogP contribution < -0.4 is 15.4 Å². The zero-order valence-corrected chi connectivity index (χ0v) is 41.4. The van der Waals surface area contributed by atoms with Crippen molar-refractivity contribution in [2.45, 2.75) is 108 Å². The van der Waals surface area contributed by atoms with Crippen molar-refractivity contribution in [3.05, 3.63) is 88.1 Å². The predicted octanol–water partition coefficient (Wildman–Crippen LogP) is 8.96. The molecule has 4 aromatic heterocycles. The number of alkyl carbamates (subject to hydrolysis) is 2. The van der Waals surface area contributed by atoms with Gasteiger partial charge in [-0.1, -0.05) is 19.9 Å². The number of imidazole rings is 2. The van der Waals surface area contributed by atoms with Gasteiger partial charge in [-0.3, -0.25) is 14.2 Å². The Morgan fingerprint density at radius 2 is 1.54 bits per heavy atom. The number of carbonyl (C=O) groups excluding carboxylic acids is 4. The SMILES string of the molecule is COC(=O)NC(C(=O)N1CCCC1c1ncc(-c2cc(F)c3c(c2)OC(c2ccc(C4CC4)s2)n2c-3cc3cc(-c4cnc(C5CC6CC6N5C(=O)C(NC(=O)OC)C5CCOCC5)[nH]4)ccc32)[nH]1)C(C)C. The molecule has 376 valence electrons. The maximum atomic E-state index is 17.0. The summed E-state index contributed by atoms with van der Waals surface area (Å²) in [5.74, 6) is 1.60. The van der Waals surface area contributed by atoms with E-state index >= 15 is 4.39 Å². The third-order valence-electron chi connectivity index (χ3n) is 15.7. The number of rotatable bonds is 12. The van der Waals surface area contributed by atoms with Gasteiger partial charge in [-0.05, 0) is 118 Å². The standard InChI is InChI=1S/C53H58FN9O8S/c1-26(2)45(59-52(66)68-3)49(64)61-15-5-6-37(61)47-55-25-35(58-47)30-19-33(54)44-39-21-31-18-29(9-10-36(31)63(39)51(71-41(44)23-30)43-12-11-42(72-43)27-7-8-27)34-24-56-48(57-34)40-22-32-20-38(32)62(40)50(65)46(60-53(67)69-4)28-13-16-70-17-14-28/h9-12,18-19,21,23-28,32,37-38,40,45-46,51H,5-8,13-17,20,22H2,1-4H3,(H,55,58)(H,56,57)(H,59,66)(H,60,67). The summed E-state index contributed by atoms with van der Waals surface area (Å²) in [5.41, 5.74) is 4.73. The normalized spacial score (nSPS) is 23.3. The predicted molar refractivity (Wildman–Crippen MR) is 264 cm³/mol. The summed E-state index contributed by atoms with van der Waals surface area (Å²) in [6.07, 6.45) is 8.44. The Labute approximate surface area is 419 Å². The van der Waals surface area contributed by atoms with Crippen LogP contribution in [0.25, 0.3) is 44.7 Å². The average molecular weight is 1000 g/mol. The molecular formula is C53H58FN9O8S. The summed E-state index contributed by atoms with van der Waals surface area (Å²) in [7, 11) is 2.58. The number of hydrogen-bond acceptors (Lipinski definition) is 11. The van der Waals surface area contributed by atoms with Crippen LogP contribution in [0.3, 0.4) is 0 Å². The van der Waals surface area contributed by atoms with Crippen LogP contribution in [0.2, 0.25) is 0 Å². The van der Waals surface area contributed by atoms with Crippen molar-refractivity contribution >= 4 is 46.2 Å². The zero-order valence-electron chi connectivity index (χ0n) is 40.6. The molecule has 19 heteroatoms. The molecule has 8 heterocycles. The topological polar surface area (TPSA) is 198 Å².